The minimum absolute atomic E-state index is 0.498. The molecule has 2 heterocycles. The van der Waals surface area contributed by atoms with Crippen molar-refractivity contribution in [3.63, 3.8) is 0 Å². The monoisotopic (exact) mass is 384 g/mol. The molecule has 0 fully saturated rings. The fourth-order valence-electron chi connectivity index (χ4n) is 2.67. The van der Waals surface area contributed by atoms with Crippen LogP contribution in [0.4, 0.5) is 13.2 Å². The molecule has 6 nitrogen and oxygen atoms in total. The molecule has 1 aromatic carbocycles. The third kappa shape index (κ3) is 3.84. The lowest BCUT2D eigenvalue weighted by molar-refractivity contribution is -0.137. The van der Waals surface area contributed by atoms with Crippen LogP contribution in [-0.4, -0.2) is 29.8 Å². The molecule has 10 heteroatoms. The van der Waals surface area contributed by atoms with E-state index in [2.05, 4.69) is 20.5 Å². The second-order valence-electron chi connectivity index (χ2n) is 5.85. The number of alkyl halides is 3. The average Bonchev–Trinajstić information content (AvgIpc) is 3.17. The van der Waals surface area contributed by atoms with Crippen molar-refractivity contribution in [3.8, 4) is 0 Å². The first-order valence-corrected chi connectivity index (χ1v) is 9.38. The molecule has 0 spiro atoms. The second kappa shape index (κ2) is 7.65. The Morgan fingerprint density at radius 3 is 2.58 bits per heavy atom. The first kappa shape index (κ1) is 18.7. The van der Waals surface area contributed by atoms with E-state index in [4.69, 9.17) is 0 Å². The number of nitrogens with zero attached hydrogens (tertiary/aromatic N) is 6. The Bertz CT molecular complexity index is 886. The summed E-state index contributed by atoms with van der Waals surface area (Å²) in [5.41, 5.74) is 0.394. The number of hydrogen-bond donors (Lipinski definition) is 0. The minimum atomic E-state index is -4.37. The van der Waals surface area contributed by atoms with Crippen LogP contribution in [0.2, 0.25) is 0 Å². The summed E-state index contributed by atoms with van der Waals surface area (Å²) >= 11 is 1.43. The number of hydrogen-bond acceptors (Lipinski definition) is 5. The van der Waals surface area contributed by atoms with Gasteiger partial charge in [-0.15, -0.1) is 5.10 Å². The van der Waals surface area contributed by atoms with Gasteiger partial charge in [-0.25, -0.2) is 9.67 Å². The summed E-state index contributed by atoms with van der Waals surface area (Å²) in [5, 5.41) is 12.3. The lowest BCUT2D eigenvalue weighted by Crippen LogP contribution is -2.06. The standard InChI is InChI=1S/C16H19F3N6S/c1-3-7-24-13-9-11(16(17,18)19)5-6-12(13)20-15(24)26-10-14-21-22-23-25(14)8-4-2/h5-6,9H,3-4,7-8,10H2,1-2H3. The molecule has 0 unspecified atom stereocenters. The Labute approximate surface area is 152 Å². The van der Waals surface area contributed by atoms with E-state index in [9.17, 15) is 13.2 Å². The predicted molar refractivity (Wildman–Crippen MR) is 92.7 cm³/mol. The fraction of sp³-hybridized carbons (Fsp3) is 0.500. The quantitative estimate of drug-likeness (QED) is 0.573. The highest BCUT2D eigenvalue weighted by Crippen LogP contribution is 2.33. The van der Waals surface area contributed by atoms with Crippen molar-refractivity contribution in [2.75, 3.05) is 0 Å². The van der Waals surface area contributed by atoms with E-state index >= 15 is 0 Å². The summed E-state index contributed by atoms with van der Waals surface area (Å²) in [6.45, 7) is 5.34. The van der Waals surface area contributed by atoms with Crippen molar-refractivity contribution in [2.45, 2.75) is 56.9 Å². The van der Waals surface area contributed by atoms with Crippen molar-refractivity contribution in [3.05, 3.63) is 29.6 Å². The molecule has 0 aliphatic rings. The van der Waals surface area contributed by atoms with Crippen LogP contribution in [0.25, 0.3) is 11.0 Å². The average molecular weight is 384 g/mol. The van der Waals surface area contributed by atoms with Crippen LogP contribution in [0, 0.1) is 0 Å². The highest BCUT2D eigenvalue weighted by molar-refractivity contribution is 7.98. The molecule has 0 saturated carbocycles. The van der Waals surface area contributed by atoms with Gasteiger partial charge in [0.05, 0.1) is 22.3 Å². The van der Waals surface area contributed by atoms with Gasteiger partial charge in [0.1, 0.15) is 0 Å². The Morgan fingerprint density at radius 1 is 1.12 bits per heavy atom. The second-order valence-corrected chi connectivity index (χ2v) is 6.80. The van der Waals surface area contributed by atoms with E-state index in [1.165, 1.54) is 23.9 Å². The third-order valence-electron chi connectivity index (χ3n) is 3.86. The lowest BCUT2D eigenvalue weighted by atomic mass is 10.2. The summed E-state index contributed by atoms with van der Waals surface area (Å²) < 4.78 is 42.7. The molecule has 26 heavy (non-hydrogen) atoms. The normalized spacial score (nSPS) is 12.2. The summed E-state index contributed by atoms with van der Waals surface area (Å²) in [5.74, 6) is 1.23. The first-order valence-electron chi connectivity index (χ1n) is 8.39. The molecule has 140 valence electrons. The zero-order chi connectivity index (χ0) is 18.7. The van der Waals surface area contributed by atoms with E-state index in [-0.39, 0.29) is 0 Å². The fourth-order valence-corrected chi connectivity index (χ4v) is 3.64. The Hall–Kier alpha value is -2.10. The van der Waals surface area contributed by atoms with Crippen LogP contribution >= 0.6 is 11.8 Å². The molecular weight excluding hydrogens is 365 g/mol. The van der Waals surface area contributed by atoms with Crippen LogP contribution in [-0.2, 0) is 25.0 Å². The van der Waals surface area contributed by atoms with Crippen LogP contribution in [0.5, 0.6) is 0 Å². The van der Waals surface area contributed by atoms with Crippen molar-refractivity contribution < 1.29 is 13.2 Å². The molecule has 0 N–H and O–H groups in total. The van der Waals surface area contributed by atoms with Gasteiger partial charge in [0.25, 0.3) is 0 Å². The van der Waals surface area contributed by atoms with Gasteiger partial charge in [-0.2, -0.15) is 13.2 Å². The topological polar surface area (TPSA) is 61.4 Å². The highest BCUT2D eigenvalue weighted by Gasteiger charge is 2.31. The maximum absolute atomic E-state index is 13.0. The first-order chi connectivity index (χ1) is 12.4. The van der Waals surface area contributed by atoms with E-state index in [0.29, 0.717) is 28.5 Å². The molecule has 0 atom stereocenters. The summed E-state index contributed by atoms with van der Waals surface area (Å²) in [6.07, 6.45) is -2.66. The number of benzene rings is 1. The van der Waals surface area contributed by atoms with Gasteiger partial charge in [0.2, 0.25) is 0 Å². The Kier molecular flexibility index (Phi) is 5.49. The maximum Gasteiger partial charge on any atom is 0.416 e. The molecule has 3 rings (SSSR count). The molecule has 0 saturated heterocycles. The van der Waals surface area contributed by atoms with E-state index < -0.39 is 11.7 Å². The molecule has 0 aliphatic carbocycles. The Balaban J connectivity index is 1.92. The smallest absolute Gasteiger partial charge is 0.319 e. The van der Waals surface area contributed by atoms with Crippen LogP contribution in [0.1, 0.15) is 38.1 Å². The van der Waals surface area contributed by atoms with Crippen molar-refractivity contribution >= 4 is 22.8 Å². The molecular formula is C16H19F3N6S. The minimum Gasteiger partial charge on any atom is -0.319 e. The lowest BCUT2D eigenvalue weighted by Gasteiger charge is -2.09. The van der Waals surface area contributed by atoms with Crippen LogP contribution in [0.3, 0.4) is 0 Å². The van der Waals surface area contributed by atoms with E-state index in [1.807, 2.05) is 18.4 Å². The molecule has 0 aliphatic heterocycles. The molecule has 0 amide bonds. The van der Waals surface area contributed by atoms with Crippen molar-refractivity contribution in [1.29, 1.82) is 0 Å². The zero-order valence-corrected chi connectivity index (χ0v) is 15.3. The number of aryl methyl sites for hydroxylation is 2. The number of imidazole rings is 1. The Morgan fingerprint density at radius 2 is 1.88 bits per heavy atom. The maximum atomic E-state index is 13.0. The number of aromatic nitrogens is 6. The van der Waals surface area contributed by atoms with Crippen molar-refractivity contribution in [2.24, 2.45) is 0 Å². The largest absolute Gasteiger partial charge is 0.416 e. The van der Waals surface area contributed by atoms with E-state index in [0.717, 1.165) is 31.3 Å². The highest BCUT2D eigenvalue weighted by atomic mass is 32.2. The van der Waals surface area contributed by atoms with Gasteiger partial charge in [-0.3, -0.25) is 0 Å². The number of thioether (sulfide) groups is 1. The van der Waals surface area contributed by atoms with Crippen molar-refractivity contribution in [1.82, 2.24) is 29.8 Å². The summed E-state index contributed by atoms with van der Waals surface area (Å²) in [4.78, 5) is 4.51. The number of rotatable bonds is 7. The van der Waals surface area contributed by atoms with E-state index in [1.54, 1.807) is 4.68 Å². The van der Waals surface area contributed by atoms with Gasteiger partial charge < -0.3 is 4.57 Å². The number of fused-ring (bicyclic) bond motifs is 1. The van der Waals surface area contributed by atoms with Gasteiger partial charge >= 0.3 is 6.18 Å². The van der Waals surface area contributed by atoms with Gasteiger partial charge in [-0.1, -0.05) is 25.6 Å². The zero-order valence-electron chi connectivity index (χ0n) is 14.5. The molecule has 0 bridgehead atoms. The van der Waals surface area contributed by atoms with Gasteiger partial charge in [-0.05, 0) is 41.5 Å². The van der Waals surface area contributed by atoms with Crippen LogP contribution in [0.15, 0.2) is 23.4 Å². The van der Waals surface area contributed by atoms with Crippen LogP contribution < -0.4 is 0 Å². The molecule has 2 aromatic heterocycles. The van der Waals surface area contributed by atoms with Gasteiger partial charge in [0.15, 0.2) is 11.0 Å². The predicted octanol–water partition coefficient (Wildman–Crippen LogP) is 4.15. The third-order valence-corrected chi connectivity index (χ3v) is 4.83. The molecule has 0 radical (unpaired) electrons. The SMILES string of the molecule is CCCn1nnnc1CSc1nc2ccc(C(F)(F)F)cc2n1CCC. The molecule has 3 aromatic rings. The number of tetrazole rings is 1. The number of halogens is 3. The van der Waals surface area contributed by atoms with Gasteiger partial charge in [0, 0.05) is 13.1 Å². The summed E-state index contributed by atoms with van der Waals surface area (Å²) in [7, 11) is 0. The summed E-state index contributed by atoms with van der Waals surface area (Å²) in [6, 6.07) is 3.67.